The monoisotopic (exact) mass is 218 g/mol. The van der Waals surface area contributed by atoms with Gasteiger partial charge in [-0.3, -0.25) is 0 Å². The molecule has 4 aliphatic carbocycles. The molecule has 0 aromatic heterocycles. The van der Waals surface area contributed by atoms with Crippen LogP contribution >= 0.6 is 0 Å². The van der Waals surface area contributed by atoms with Crippen LogP contribution in [0.15, 0.2) is 12.2 Å². The highest BCUT2D eigenvalue weighted by Crippen LogP contribution is 2.51. The van der Waals surface area contributed by atoms with Gasteiger partial charge in [0.15, 0.2) is 0 Å². The van der Waals surface area contributed by atoms with Crippen molar-refractivity contribution >= 4 is 0 Å². The van der Waals surface area contributed by atoms with E-state index in [1.165, 1.54) is 32.1 Å². The number of hydrogen-bond donors (Lipinski definition) is 0. The van der Waals surface area contributed by atoms with Crippen molar-refractivity contribution in [3.05, 3.63) is 12.2 Å². The molecular formula is C16H26. The summed E-state index contributed by atoms with van der Waals surface area (Å²) in [6.45, 7) is 4.88. The first kappa shape index (κ1) is 10.9. The predicted molar refractivity (Wildman–Crippen MR) is 69.1 cm³/mol. The van der Waals surface area contributed by atoms with Gasteiger partial charge in [-0.2, -0.15) is 0 Å². The second-order valence-electron chi connectivity index (χ2n) is 6.77. The van der Waals surface area contributed by atoms with Crippen molar-refractivity contribution in [3.63, 3.8) is 0 Å². The quantitative estimate of drug-likeness (QED) is 0.519. The average molecular weight is 218 g/mol. The Labute approximate surface area is 101 Å². The first-order valence-corrected chi connectivity index (χ1v) is 7.42. The molecule has 90 valence electrons. The molecule has 0 nitrogen and oxygen atoms in total. The maximum atomic E-state index is 2.44. The molecule has 0 heteroatoms. The molecule has 0 saturated heterocycles. The van der Waals surface area contributed by atoms with Crippen LogP contribution in [0.5, 0.6) is 0 Å². The fourth-order valence-corrected chi connectivity index (χ4v) is 4.58. The highest BCUT2D eigenvalue weighted by atomic mass is 14.5. The van der Waals surface area contributed by atoms with E-state index in [2.05, 4.69) is 26.0 Å². The van der Waals surface area contributed by atoms with Crippen LogP contribution in [0, 0.1) is 35.5 Å². The van der Waals surface area contributed by atoms with Gasteiger partial charge in [0, 0.05) is 0 Å². The molecule has 4 rings (SSSR count). The van der Waals surface area contributed by atoms with E-state index in [0.29, 0.717) is 0 Å². The van der Waals surface area contributed by atoms with Crippen LogP contribution in [0.25, 0.3) is 0 Å². The molecule has 3 saturated carbocycles. The third-order valence-corrected chi connectivity index (χ3v) is 6.00. The third-order valence-electron chi connectivity index (χ3n) is 6.00. The van der Waals surface area contributed by atoms with Crippen molar-refractivity contribution in [2.45, 2.75) is 52.4 Å². The van der Waals surface area contributed by atoms with Crippen LogP contribution in [0.4, 0.5) is 0 Å². The van der Waals surface area contributed by atoms with Crippen LogP contribution in [0.3, 0.4) is 0 Å². The van der Waals surface area contributed by atoms with Gasteiger partial charge >= 0.3 is 0 Å². The zero-order valence-electron chi connectivity index (χ0n) is 10.9. The van der Waals surface area contributed by atoms with E-state index < -0.39 is 0 Å². The minimum Gasteiger partial charge on any atom is -0.0851 e. The van der Waals surface area contributed by atoms with Crippen molar-refractivity contribution in [2.24, 2.45) is 35.5 Å². The Morgan fingerprint density at radius 1 is 0.688 bits per heavy atom. The fourth-order valence-electron chi connectivity index (χ4n) is 4.58. The van der Waals surface area contributed by atoms with E-state index in [1.54, 1.807) is 6.42 Å². The fraction of sp³-hybridized carbons (Fsp3) is 0.875. The molecule has 0 aromatic rings. The van der Waals surface area contributed by atoms with E-state index in [9.17, 15) is 0 Å². The van der Waals surface area contributed by atoms with Crippen LogP contribution in [-0.4, -0.2) is 0 Å². The zero-order chi connectivity index (χ0) is 11.1. The lowest BCUT2D eigenvalue weighted by Gasteiger charge is -2.24. The minimum atomic E-state index is 0.991. The molecular weight excluding hydrogens is 192 g/mol. The number of fused-ring (bicyclic) bond motifs is 4. The molecule has 6 unspecified atom stereocenters. The summed E-state index contributed by atoms with van der Waals surface area (Å²) >= 11 is 0. The first-order valence-electron chi connectivity index (χ1n) is 7.42. The summed E-state index contributed by atoms with van der Waals surface area (Å²) in [4.78, 5) is 0. The van der Waals surface area contributed by atoms with E-state index in [1.807, 2.05) is 0 Å². The smallest absolute Gasteiger partial charge is 0.0228 e. The highest BCUT2D eigenvalue weighted by molar-refractivity contribution is 5.06. The zero-order valence-corrected chi connectivity index (χ0v) is 10.9. The van der Waals surface area contributed by atoms with Crippen LogP contribution < -0.4 is 0 Å². The minimum absolute atomic E-state index is 0.991. The van der Waals surface area contributed by atoms with Gasteiger partial charge in [0.1, 0.15) is 0 Å². The Kier molecular flexibility index (Phi) is 2.85. The Bertz CT molecular complexity index is 248. The molecule has 16 heavy (non-hydrogen) atoms. The van der Waals surface area contributed by atoms with Crippen LogP contribution in [0.2, 0.25) is 0 Å². The maximum Gasteiger partial charge on any atom is -0.0228 e. The van der Waals surface area contributed by atoms with E-state index in [-0.39, 0.29) is 0 Å². The van der Waals surface area contributed by atoms with Gasteiger partial charge < -0.3 is 0 Å². The summed E-state index contributed by atoms with van der Waals surface area (Å²) < 4.78 is 0. The second-order valence-corrected chi connectivity index (χ2v) is 6.77. The van der Waals surface area contributed by atoms with E-state index in [4.69, 9.17) is 0 Å². The molecule has 0 aliphatic heterocycles. The molecule has 0 heterocycles. The van der Waals surface area contributed by atoms with Gasteiger partial charge in [-0.15, -0.1) is 0 Å². The summed E-state index contributed by atoms with van der Waals surface area (Å²) in [5.41, 5.74) is 0. The first-order chi connectivity index (χ1) is 7.74. The van der Waals surface area contributed by atoms with Gasteiger partial charge in [-0.05, 0) is 74.0 Å². The summed E-state index contributed by atoms with van der Waals surface area (Å²) in [6, 6.07) is 0. The Morgan fingerprint density at radius 2 is 1.19 bits per heavy atom. The molecule has 0 aromatic carbocycles. The van der Waals surface area contributed by atoms with Crippen LogP contribution in [-0.2, 0) is 0 Å². The van der Waals surface area contributed by atoms with Gasteiger partial charge in [0.25, 0.3) is 0 Å². The molecule has 3 fully saturated rings. The maximum absolute atomic E-state index is 2.44. The van der Waals surface area contributed by atoms with Crippen molar-refractivity contribution in [3.8, 4) is 0 Å². The van der Waals surface area contributed by atoms with Gasteiger partial charge in [0.05, 0.1) is 0 Å². The Hall–Kier alpha value is -0.260. The summed E-state index contributed by atoms with van der Waals surface area (Å²) in [5.74, 6) is 6.30. The lowest BCUT2D eigenvalue weighted by Crippen LogP contribution is -2.15. The molecule has 0 spiro atoms. The summed E-state index contributed by atoms with van der Waals surface area (Å²) in [7, 11) is 0. The average Bonchev–Trinajstić information content (AvgIpc) is 3.04. The van der Waals surface area contributed by atoms with Crippen molar-refractivity contribution in [2.75, 3.05) is 0 Å². The van der Waals surface area contributed by atoms with E-state index >= 15 is 0 Å². The molecule has 4 bridgehead atoms. The highest BCUT2D eigenvalue weighted by Gasteiger charge is 2.42. The number of allylic oxidation sites excluding steroid dienone is 2. The number of rotatable bonds is 0. The van der Waals surface area contributed by atoms with Crippen LogP contribution in [0.1, 0.15) is 52.4 Å². The standard InChI is InChI=1S/C9H16.C7H10/c1-6-7(2)9-4-3-8(6)5-9;1-2-7-4-3-6(1)5-7/h6-9H,3-5H2,1-2H3;1-2,6-7H,3-5H2. The topological polar surface area (TPSA) is 0 Å². The number of hydrogen-bond acceptors (Lipinski definition) is 0. The SMILES string of the molecule is C1=CC2CCC1C2.CC1C2CCC(C2)C1C. The Morgan fingerprint density at radius 3 is 1.38 bits per heavy atom. The van der Waals surface area contributed by atoms with Crippen molar-refractivity contribution < 1.29 is 0 Å². The van der Waals surface area contributed by atoms with Gasteiger partial charge in [0.2, 0.25) is 0 Å². The second kappa shape index (κ2) is 4.20. The molecule has 0 N–H and O–H groups in total. The van der Waals surface area contributed by atoms with Crippen molar-refractivity contribution in [1.82, 2.24) is 0 Å². The predicted octanol–water partition coefficient (Wildman–Crippen LogP) is 4.66. The van der Waals surface area contributed by atoms with E-state index in [0.717, 1.165) is 35.5 Å². The molecule has 6 atom stereocenters. The Balaban J connectivity index is 0.000000104. The lowest BCUT2D eigenvalue weighted by atomic mass is 9.82. The molecule has 0 amide bonds. The third kappa shape index (κ3) is 1.85. The lowest BCUT2D eigenvalue weighted by molar-refractivity contribution is 0.259. The van der Waals surface area contributed by atoms with Gasteiger partial charge in [-0.1, -0.05) is 26.0 Å². The molecule has 4 aliphatic rings. The largest absolute Gasteiger partial charge is 0.0851 e. The normalized spacial score (nSPS) is 51.9. The van der Waals surface area contributed by atoms with Gasteiger partial charge in [-0.25, -0.2) is 0 Å². The molecule has 0 radical (unpaired) electrons. The summed E-state index contributed by atoms with van der Waals surface area (Å²) in [5, 5.41) is 0. The summed E-state index contributed by atoms with van der Waals surface area (Å²) in [6.07, 6.45) is 13.8. The van der Waals surface area contributed by atoms with Crippen molar-refractivity contribution in [1.29, 1.82) is 0 Å².